The molecule has 3 aromatic carbocycles. The highest BCUT2D eigenvalue weighted by Crippen LogP contribution is 2.25. The van der Waals surface area contributed by atoms with Crippen molar-refractivity contribution in [2.75, 3.05) is 6.61 Å². The molecule has 0 aliphatic heterocycles. The molecule has 3 rings (SSSR count). The summed E-state index contributed by atoms with van der Waals surface area (Å²) in [6.45, 7) is 4.09. The van der Waals surface area contributed by atoms with Gasteiger partial charge in [0.25, 0.3) is 5.91 Å². The van der Waals surface area contributed by atoms with Crippen molar-refractivity contribution < 1.29 is 14.3 Å². The zero-order valence-corrected chi connectivity index (χ0v) is 17.6. The van der Waals surface area contributed by atoms with Gasteiger partial charge in [0.2, 0.25) is 0 Å². The highest BCUT2D eigenvalue weighted by atomic mass is 35.5. The van der Waals surface area contributed by atoms with Crippen molar-refractivity contribution in [3.05, 3.63) is 94.0 Å². The van der Waals surface area contributed by atoms with Gasteiger partial charge in [-0.15, -0.1) is 0 Å². The number of rotatable bonds is 8. The predicted octanol–water partition coefficient (Wildman–Crippen LogP) is 5.06. The Kier molecular flexibility index (Phi) is 7.46. The van der Waals surface area contributed by atoms with E-state index in [2.05, 4.69) is 10.5 Å². The minimum atomic E-state index is -0.362. The summed E-state index contributed by atoms with van der Waals surface area (Å²) in [5.41, 5.74) is 6.10. The van der Waals surface area contributed by atoms with Crippen LogP contribution in [0.4, 0.5) is 0 Å². The van der Waals surface area contributed by atoms with Crippen LogP contribution in [-0.4, -0.2) is 18.7 Å². The van der Waals surface area contributed by atoms with Gasteiger partial charge in [-0.05, 0) is 54.8 Å². The van der Waals surface area contributed by atoms with E-state index in [1.54, 1.807) is 18.3 Å². The van der Waals surface area contributed by atoms with E-state index >= 15 is 0 Å². The number of hydrogen-bond donors (Lipinski definition) is 1. The highest BCUT2D eigenvalue weighted by molar-refractivity contribution is 6.32. The normalized spacial score (nSPS) is 10.8. The van der Waals surface area contributed by atoms with E-state index < -0.39 is 0 Å². The van der Waals surface area contributed by atoms with Crippen molar-refractivity contribution in [1.29, 1.82) is 0 Å². The molecule has 0 radical (unpaired) electrons. The summed E-state index contributed by atoms with van der Waals surface area (Å²) in [5, 5.41) is 4.71. The van der Waals surface area contributed by atoms with E-state index in [0.29, 0.717) is 23.1 Å². The molecule has 0 heterocycles. The minimum absolute atomic E-state index is 0.149. The lowest BCUT2D eigenvalue weighted by atomic mass is 10.1. The molecule has 0 unspecified atom stereocenters. The number of carbonyl (C=O) groups is 1. The van der Waals surface area contributed by atoms with Gasteiger partial charge in [0.15, 0.2) is 6.61 Å². The molecule has 3 aromatic rings. The van der Waals surface area contributed by atoms with Crippen LogP contribution in [0.25, 0.3) is 0 Å². The maximum Gasteiger partial charge on any atom is 0.277 e. The van der Waals surface area contributed by atoms with Crippen LogP contribution in [0.2, 0.25) is 5.02 Å². The lowest BCUT2D eigenvalue weighted by Gasteiger charge is -2.10. The van der Waals surface area contributed by atoms with Gasteiger partial charge in [-0.2, -0.15) is 5.10 Å². The number of nitrogens with zero attached hydrogens (tertiary/aromatic N) is 1. The molecule has 0 aromatic heterocycles. The first-order valence-electron chi connectivity index (χ1n) is 9.50. The molecule has 0 saturated carbocycles. The first kappa shape index (κ1) is 21.4. The van der Waals surface area contributed by atoms with E-state index in [-0.39, 0.29) is 12.5 Å². The molecule has 0 aliphatic rings. The predicted molar refractivity (Wildman–Crippen MR) is 119 cm³/mol. The van der Waals surface area contributed by atoms with Crippen molar-refractivity contribution in [1.82, 2.24) is 5.43 Å². The molecule has 30 heavy (non-hydrogen) atoms. The van der Waals surface area contributed by atoms with Gasteiger partial charge < -0.3 is 9.47 Å². The summed E-state index contributed by atoms with van der Waals surface area (Å²) in [6.07, 6.45) is 1.55. The maximum atomic E-state index is 12.0. The van der Waals surface area contributed by atoms with Crippen LogP contribution in [0.5, 0.6) is 11.5 Å². The van der Waals surface area contributed by atoms with Crippen molar-refractivity contribution in [2.45, 2.75) is 20.5 Å². The number of halogens is 1. The van der Waals surface area contributed by atoms with E-state index in [9.17, 15) is 4.79 Å². The fraction of sp³-hybridized carbons (Fsp3) is 0.167. The molecule has 0 bridgehead atoms. The molecular formula is C24H23ClN2O3. The van der Waals surface area contributed by atoms with Crippen LogP contribution in [0, 0.1) is 13.8 Å². The summed E-state index contributed by atoms with van der Waals surface area (Å²) in [7, 11) is 0. The Morgan fingerprint density at radius 1 is 1.00 bits per heavy atom. The second kappa shape index (κ2) is 10.5. The van der Waals surface area contributed by atoms with Crippen molar-refractivity contribution >= 4 is 23.7 Å². The summed E-state index contributed by atoms with van der Waals surface area (Å²) >= 11 is 6.14. The molecule has 0 aliphatic carbocycles. The number of amides is 1. The maximum absolute atomic E-state index is 12.0. The van der Waals surface area contributed by atoms with Gasteiger partial charge in [-0.25, -0.2) is 5.43 Å². The van der Waals surface area contributed by atoms with Gasteiger partial charge >= 0.3 is 0 Å². The van der Waals surface area contributed by atoms with Gasteiger partial charge in [0, 0.05) is 10.6 Å². The SMILES string of the molecule is Cc1cc(OCC(=O)NN=Cc2ccccc2OCc2ccccc2)cc(C)c1Cl. The Labute approximate surface area is 181 Å². The van der Waals surface area contributed by atoms with E-state index in [4.69, 9.17) is 21.1 Å². The third-order valence-electron chi connectivity index (χ3n) is 4.33. The van der Waals surface area contributed by atoms with Crippen LogP contribution in [-0.2, 0) is 11.4 Å². The molecule has 0 spiro atoms. The van der Waals surface area contributed by atoms with Gasteiger partial charge in [-0.1, -0.05) is 54.1 Å². The molecular weight excluding hydrogens is 400 g/mol. The standard InChI is InChI=1S/C24H23ClN2O3/c1-17-12-21(13-18(2)24(17)25)29-16-23(28)27-26-14-20-10-6-7-11-22(20)30-15-19-8-4-3-5-9-19/h3-14H,15-16H2,1-2H3,(H,27,28). The van der Waals surface area contributed by atoms with Crippen LogP contribution in [0.3, 0.4) is 0 Å². The van der Waals surface area contributed by atoms with Gasteiger partial charge in [0.05, 0.1) is 6.21 Å². The summed E-state index contributed by atoms with van der Waals surface area (Å²) in [6, 6.07) is 21.0. The zero-order valence-electron chi connectivity index (χ0n) is 16.9. The van der Waals surface area contributed by atoms with E-state index in [0.717, 1.165) is 22.3 Å². The van der Waals surface area contributed by atoms with Crippen LogP contribution >= 0.6 is 11.6 Å². The largest absolute Gasteiger partial charge is 0.488 e. The molecule has 5 nitrogen and oxygen atoms in total. The number of ether oxygens (including phenoxy) is 2. The summed E-state index contributed by atoms with van der Waals surface area (Å²) < 4.78 is 11.4. The van der Waals surface area contributed by atoms with Crippen LogP contribution in [0.15, 0.2) is 71.8 Å². The van der Waals surface area contributed by atoms with E-state index in [1.807, 2.05) is 68.4 Å². The first-order valence-corrected chi connectivity index (χ1v) is 9.88. The zero-order chi connectivity index (χ0) is 21.3. The fourth-order valence-electron chi connectivity index (χ4n) is 2.80. The average Bonchev–Trinajstić information content (AvgIpc) is 2.76. The smallest absolute Gasteiger partial charge is 0.277 e. The molecule has 0 saturated heterocycles. The second-order valence-electron chi connectivity index (χ2n) is 6.77. The van der Waals surface area contributed by atoms with Crippen molar-refractivity contribution in [3.8, 4) is 11.5 Å². The van der Waals surface area contributed by atoms with E-state index in [1.165, 1.54) is 0 Å². The van der Waals surface area contributed by atoms with Crippen molar-refractivity contribution in [3.63, 3.8) is 0 Å². The number of nitrogens with one attached hydrogen (secondary N) is 1. The lowest BCUT2D eigenvalue weighted by molar-refractivity contribution is -0.123. The Hall–Kier alpha value is -3.31. The first-order chi connectivity index (χ1) is 14.5. The molecule has 1 N–H and O–H groups in total. The molecule has 154 valence electrons. The third kappa shape index (κ3) is 6.09. The fourth-order valence-corrected chi connectivity index (χ4v) is 2.91. The van der Waals surface area contributed by atoms with Gasteiger partial charge in [-0.3, -0.25) is 4.79 Å². The summed E-state index contributed by atoms with van der Waals surface area (Å²) in [5.74, 6) is 0.912. The number of hydrogen-bond acceptors (Lipinski definition) is 4. The second-order valence-corrected chi connectivity index (χ2v) is 7.14. The number of benzene rings is 3. The average molecular weight is 423 g/mol. The minimum Gasteiger partial charge on any atom is -0.488 e. The Morgan fingerprint density at radius 3 is 2.40 bits per heavy atom. The lowest BCUT2D eigenvalue weighted by Crippen LogP contribution is -2.24. The molecule has 1 amide bonds. The number of hydrazone groups is 1. The Balaban J connectivity index is 1.53. The van der Waals surface area contributed by atoms with Gasteiger partial charge in [0.1, 0.15) is 18.1 Å². The summed E-state index contributed by atoms with van der Waals surface area (Å²) in [4.78, 5) is 12.0. The molecule has 0 fully saturated rings. The number of carbonyl (C=O) groups excluding carboxylic acids is 1. The molecule has 6 heteroatoms. The third-order valence-corrected chi connectivity index (χ3v) is 4.93. The highest BCUT2D eigenvalue weighted by Gasteiger charge is 2.06. The Bertz CT molecular complexity index is 1010. The monoisotopic (exact) mass is 422 g/mol. The van der Waals surface area contributed by atoms with Crippen LogP contribution in [0.1, 0.15) is 22.3 Å². The van der Waals surface area contributed by atoms with Crippen LogP contribution < -0.4 is 14.9 Å². The molecule has 0 atom stereocenters. The quantitative estimate of drug-likeness (QED) is 0.407. The number of para-hydroxylation sites is 1. The topological polar surface area (TPSA) is 59.9 Å². The Morgan fingerprint density at radius 2 is 1.67 bits per heavy atom. The van der Waals surface area contributed by atoms with Crippen molar-refractivity contribution in [2.24, 2.45) is 5.10 Å². The number of aryl methyl sites for hydroxylation is 2.